The van der Waals surface area contributed by atoms with Crippen molar-refractivity contribution >= 4 is 27.0 Å². The number of hydrogen-bond acceptors (Lipinski definition) is 6. The summed E-state index contributed by atoms with van der Waals surface area (Å²) in [5, 5.41) is 3.89. The summed E-state index contributed by atoms with van der Waals surface area (Å²) < 4.78 is 46.3. The quantitative estimate of drug-likeness (QED) is 0.510. The molecule has 2 heterocycles. The van der Waals surface area contributed by atoms with Crippen LogP contribution >= 0.6 is 11.3 Å². The van der Waals surface area contributed by atoms with Crippen molar-refractivity contribution in [3.05, 3.63) is 71.4 Å². The van der Waals surface area contributed by atoms with Crippen LogP contribution in [0.2, 0.25) is 0 Å². The lowest BCUT2D eigenvalue weighted by Crippen LogP contribution is -2.12. The highest BCUT2D eigenvalue weighted by Gasteiger charge is 2.23. The number of nitrogens with one attached hydrogen (secondary N) is 1. The summed E-state index contributed by atoms with van der Waals surface area (Å²) >= 11 is 1.24. The number of para-hydroxylation sites is 1. The zero-order valence-corrected chi connectivity index (χ0v) is 16.2. The van der Waals surface area contributed by atoms with Crippen LogP contribution in [0, 0.1) is 12.7 Å². The van der Waals surface area contributed by atoms with Crippen molar-refractivity contribution in [1.82, 2.24) is 10.1 Å². The molecule has 4 rings (SSSR count). The van der Waals surface area contributed by atoms with E-state index >= 15 is 0 Å². The van der Waals surface area contributed by atoms with Gasteiger partial charge in [-0.1, -0.05) is 23.4 Å². The maximum absolute atomic E-state index is 13.1. The Hall–Kier alpha value is -3.04. The first kappa shape index (κ1) is 18.3. The van der Waals surface area contributed by atoms with Gasteiger partial charge in [0.05, 0.1) is 4.88 Å². The van der Waals surface area contributed by atoms with E-state index in [-0.39, 0.29) is 16.6 Å². The average Bonchev–Trinajstić information content (AvgIpc) is 3.30. The standard InChI is InChI=1S/C19H14FN3O3S2/c1-12-17(28(24,25)23-15-5-3-2-4-6-15)11-16(27-12)19-21-18(22-26-19)13-7-9-14(20)10-8-13/h2-11,23H,1H3. The van der Waals surface area contributed by atoms with Gasteiger partial charge in [0.15, 0.2) is 0 Å². The molecule has 0 radical (unpaired) electrons. The highest BCUT2D eigenvalue weighted by atomic mass is 32.2. The van der Waals surface area contributed by atoms with Gasteiger partial charge >= 0.3 is 0 Å². The second-order valence-electron chi connectivity index (χ2n) is 5.93. The van der Waals surface area contributed by atoms with Gasteiger partial charge in [-0.2, -0.15) is 4.98 Å². The molecular weight excluding hydrogens is 401 g/mol. The van der Waals surface area contributed by atoms with Crippen LogP contribution < -0.4 is 4.72 Å². The van der Waals surface area contributed by atoms with Crippen molar-refractivity contribution in [3.63, 3.8) is 0 Å². The number of nitrogens with zero attached hydrogens (tertiary/aromatic N) is 2. The Balaban J connectivity index is 1.64. The predicted molar refractivity (Wildman–Crippen MR) is 105 cm³/mol. The molecule has 0 unspecified atom stereocenters. The molecule has 0 aliphatic rings. The van der Waals surface area contributed by atoms with Gasteiger partial charge in [-0.25, -0.2) is 12.8 Å². The normalized spacial score (nSPS) is 11.5. The number of thiophene rings is 1. The molecular formula is C19H14FN3O3S2. The SMILES string of the molecule is Cc1sc(-c2nc(-c3ccc(F)cc3)no2)cc1S(=O)(=O)Nc1ccccc1. The molecule has 6 nitrogen and oxygen atoms in total. The molecule has 0 saturated heterocycles. The molecule has 0 spiro atoms. The second-order valence-corrected chi connectivity index (χ2v) is 8.84. The minimum absolute atomic E-state index is 0.151. The minimum Gasteiger partial charge on any atom is -0.333 e. The molecule has 0 amide bonds. The highest BCUT2D eigenvalue weighted by molar-refractivity contribution is 7.93. The molecule has 2 aromatic heterocycles. The molecule has 1 N–H and O–H groups in total. The summed E-state index contributed by atoms with van der Waals surface area (Å²) in [5.41, 5.74) is 1.08. The molecule has 9 heteroatoms. The summed E-state index contributed by atoms with van der Waals surface area (Å²) in [6, 6.07) is 15.9. The van der Waals surface area contributed by atoms with E-state index in [0.29, 0.717) is 26.8 Å². The van der Waals surface area contributed by atoms with Crippen LogP contribution in [0.15, 0.2) is 70.1 Å². The predicted octanol–water partition coefficient (Wildman–Crippen LogP) is 4.71. The van der Waals surface area contributed by atoms with Crippen LogP contribution in [0.25, 0.3) is 22.2 Å². The van der Waals surface area contributed by atoms with Crippen molar-refractivity contribution in [2.75, 3.05) is 4.72 Å². The third kappa shape index (κ3) is 3.67. The van der Waals surface area contributed by atoms with Gasteiger partial charge in [-0.15, -0.1) is 11.3 Å². The van der Waals surface area contributed by atoms with E-state index in [0.717, 1.165) is 0 Å². The van der Waals surface area contributed by atoms with Gasteiger partial charge in [0.25, 0.3) is 15.9 Å². The number of aryl methyl sites for hydroxylation is 1. The summed E-state index contributed by atoms with van der Waals surface area (Å²) in [6.45, 7) is 1.71. The molecule has 0 atom stereocenters. The van der Waals surface area contributed by atoms with Crippen molar-refractivity contribution < 1.29 is 17.3 Å². The van der Waals surface area contributed by atoms with E-state index in [1.165, 1.54) is 29.5 Å². The third-order valence-corrected chi connectivity index (χ3v) is 6.60. The van der Waals surface area contributed by atoms with Crippen molar-refractivity contribution in [2.24, 2.45) is 0 Å². The monoisotopic (exact) mass is 415 g/mol. The lowest BCUT2D eigenvalue weighted by molar-refractivity contribution is 0.433. The van der Waals surface area contributed by atoms with Gasteiger partial charge in [0, 0.05) is 16.1 Å². The first-order valence-electron chi connectivity index (χ1n) is 8.21. The Morgan fingerprint density at radius 3 is 2.50 bits per heavy atom. The third-order valence-electron chi connectivity index (χ3n) is 3.93. The Morgan fingerprint density at radius 1 is 1.07 bits per heavy atom. The van der Waals surface area contributed by atoms with Crippen LogP contribution in [-0.2, 0) is 10.0 Å². The lowest BCUT2D eigenvalue weighted by Gasteiger charge is -2.06. The van der Waals surface area contributed by atoms with Crippen molar-refractivity contribution in [3.8, 4) is 22.2 Å². The Bertz CT molecular complexity index is 1220. The number of aromatic nitrogens is 2. The molecule has 0 fully saturated rings. The van der Waals surface area contributed by atoms with Gasteiger partial charge in [0.2, 0.25) is 5.82 Å². The minimum atomic E-state index is -3.75. The fraction of sp³-hybridized carbons (Fsp3) is 0.0526. The number of benzene rings is 2. The van der Waals surface area contributed by atoms with Crippen LogP contribution in [0.5, 0.6) is 0 Å². The van der Waals surface area contributed by atoms with Gasteiger partial charge in [0.1, 0.15) is 10.7 Å². The molecule has 0 saturated carbocycles. The summed E-state index contributed by atoms with van der Waals surface area (Å²) in [6.07, 6.45) is 0. The van der Waals surface area contributed by atoms with E-state index in [1.807, 2.05) is 0 Å². The van der Waals surface area contributed by atoms with E-state index in [9.17, 15) is 12.8 Å². The molecule has 2 aromatic carbocycles. The lowest BCUT2D eigenvalue weighted by atomic mass is 10.2. The second kappa shape index (κ2) is 7.17. The largest absolute Gasteiger partial charge is 0.333 e. The van der Waals surface area contributed by atoms with Crippen LogP contribution in [0.4, 0.5) is 10.1 Å². The average molecular weight is 415 g/mol. The first-order chi connectivity index (χ1) is 13.4. The highest BCUT2D eigenvalue weighted by Crippen LogP contribution is 2.34. The maximum atomic E-state index is 13.1. The zero-order valence-electron chi connectivity index (χ0n) is 14.6. The van der Waals surface area contributed by atoms with Crippen LogP contribution in [0.1, 0.15) is 4.88 Å². The summed E-state index contributed by atoms with van der Waals surface area (Å²) in [4.78, 5) is 5.58. The number of anilines is 1. The van der Waals surface area contributed by atoms with Crippen LogP contribution in [0.3, 0.4) is 0 Å². The summed E-state index contributed by atoms with van der Waals surface area (Å²) in [7, 11) is -3.75. The van der Waals surface area contributed by atoms with Crippen molar-refractivity contribution in [2.45, 2.75) is 11.8 Å². The first-order valence-corrected chi connectivity index (χ1v) is 10.5. The number of rotatable bonds is 5. The summed E-state index contributed by atoms with van der Waals surface area (Å²) in [5.74, 6) is 0.142. The van der Waals surface area contributed by atoms with Crippen LogP contribution in [-0.4, -0.2) is 18.6 Å². The number of halogens is 1. The molecule has 142 valence electrons. The van der Waals surface area contributed by atoms with E-state index in [2.05, 4.69) is 14.9 Å². The number of hydrogen-bond donors (Lipinski definition) is 1. The Kier molecular flexibility index (Phi) is 4.70. The zero-order chi connectivity index (χ0) is 19.7. The van der Waals surface area contributed by atoms with Gasteiger partial charge < -0.3 is 4.52 Å². The Morgan fingerprint density at radius 2 is 1.79 bits per heavy atom. The fourth-order valence-corrected chi connectivity index (χ4v) is 5.17. The molecule has 0 bridgehead atoms. The molecule has 28 heavy (non-hydrogen) atoms. The fourth-order valence-electron chi connectivity index (χ4n) is 2.59. The van der Waals surface area contributed by atoms with E-state index in [4.69, 9.17) is 4.52 Å². The molecule has 0 aliphatic heterocycles. The van der Waals surface area contributed by atoms with Gasteiger partial charge in [-0.3, -0.25) is 4.72 Å². The topological polar surface area (TPSA) is 85.1 Å². The Labute approximate surface area is 164 Å². The van der Waals surface area contributed by atoms with E-state index in [1.54, 1.807) is 49.4 Å². The van der Waals surface area contributed by atoms with Gasteiger partial charge in [-0.05, 0) is 49.4 Å². The number of sulfonamides is 1. The maximum Gasteiger partial charge on any atom is 0.268 e. The molecule has 4 aromatic rings. The molecule has 0 aliphatic carbocycles. The van der Waals surface area contributed by atoms with Crippen molar-refractivity contribution in [1.29, 1.82) is 0 Å². The van der Waals surface area contributed by atoms with E-state index < -0.39 is 10.0 Å². The smallest absolute Gasteiger partial charge is 0.268 e.